The van der Waals surface area contributed by atoms with Crippen molar-refractivity contribution in [3.8, 4) is 0 Å². The molecule has 0 amide bonds. The minimum Gasteiger partial charge on any atom is -0.367 e. The van der Waals surface area contributed by atoms with E-state index in [2.05, 4.69) is 16.8 Å². The molecule has 3 rings (SSSR count). The second kappa shape index (κ2) is 6.38. The van der Waals surface area contributed by atoms with Gasteiger partial charge in [-0.1, -0.05) is 6.92 Å². The molecule has 0 aromatic carbocycles. The summed E-state index contributed by atoms with van der Waals surface area (Å²) >= 11 is 0. The quantitative estimate of drug-likeness (QED) is 0.912. The molecule has 0 aliphatic carbocycles. The zero-order valence-electron chi connectivity index (χ0n) is 13.1. The molecule has 116 valence electrons. The highest BCUT2D eigenvalue weighted by Crippen LogP contribution is 2.28. The first kappa shape index (κ1) is 14.9. The molecule has 3 unspecified atom stereocenters. The molecule has 5 heteroatoms. The molecule has 3 atom stereocenters. The molecule has 2 aliphatic heterocycles. The Hall–Kier alpha value is -1.04. The van der Waals surface area contributed by atoms with Crippen LogP contribution in [-0.4, -0.2) is 46.6 Å². The number of hydrogen-bond acceptors (Lipinski definition) is 5. The zero-order chi connectivity index (χ0) is 14.8. The number of aromatic nitrogens is 2. The molecule has 2 aliphatic rings. The van der Waals surface area contributed by atoms with Gasteiger partial charge in [0, 0.05) is 36.4 Å². The maximum Gasteiger partial charge on any atom is 0.158 e. The van der Waals surface area contributed by atoms with Crippen molar-refractivity contribution in [2.24, 2.45) is 5.73 Å². The van der Waals surface area contributed by atoms with Gasteiger partial charge in [0.15, 0.2) is 5.82 Å². The molecule has 1 aromatic rings. The lowest BCUT2D eigenvalue weighted by Crippen LogP contribution is -2.43. The van der Waals surface area contributed by atoms with Crippen LogP contribution in [0.25, 0.3) is 0 Å². The Morgan fingerprint density at radius 3 is 3.14 bits per heavy atom. The Labute approximate surface area is 126 Å². The van der Waals surface area contributed by atoms with Gasteiger partial charge in [-0.05, 0) is 38.8 Å². The van der Waals surface area contributed by atoms with Gasteiger partial charge in [0.25, 0.3) is 0 Å². The smallest absolute Gasteiger partial charge is 0.158 e. The van der Waals surface area contributed by atoms with E-state index in [0.29, 0.717) is 6.04 Å². The lowest BCUT2D eigenvalue weighted by molar-refractivity contribution is -0.0542. The first-order chi connectivity index (χ1) is 10.2. The van der Waals surface area contributed by atoms with Gasteiger partial charge < -0.3 is 10.5 Å². The molecule has 5 nitrogen and oxygen atoms in total. The number of nitrogens with zero attached hydrogens (tertiary/aromatic N) is 3. The summed E-state index contributed by atoms with van der Waals surface area (Å²) in [6, 6.07) is 2.82. The number of nitrogens with two attached hydrogens (primary N) is 1. The van der Waals surface area contributed by atoms with Crippen molar-refractivity contribution in [2.45, 2.75) is 57.7 Å². The summed E-state index contributed by atoms with van der Waals surface area (Å²) in [5.41, 5.74) is 8.10. The van der Waals surface area contributed by atoms with Gasteiger partial charge in [-0.15, -0.1) is 0 Å². The van der Waals surface area contributed by atoms with Gasteiger partial charge in [-0.25, -0.2) is 9.97 Å². The fraction of sp³-hybridized carbons (Fsp3) is 0.750. The average Bonchev–Trinajstić information content (AvgIpc) is 2.93. The molecule has 3 heterocycles. The van der Waals surface area contributed by atoms with E-state index in [1.807, 2.05) is 13.0 Å². The predicted octanol–water partition coefficient (Wildman–Crippen LogP) is 1.60. The monoisotopic (exact) mass is 290 g/mol. The van der Waals surface area contributed by atoms with Crippen LogP contribution >= 0.6 is 0 Å². The maximum absolute atomic E-state index is 6.05. The first-order valence-electron chi connectivity index (χ1n) is 8.11. The zero-order valence-corrected chi connectivity index (χ0v) is 13.1. The van der Waals surface area contributed by atoms with Crippen LogP contribution < -0.4 is 5.73 Å². The first-order valence-corrected chi connectivity index (χ1v) is 8.11. The minimum absolute atomic E-state index is 0.0100. The number of hydrogen-bond donors (Lipinski definition) is 1. The number of rotatable bonds is 4. The van der Waals surface area contributed by atoms with Crippen LogP contribution in [-0.2, 0) is 11.2 Å². The molecule has 0 saturated carbocycles. The Bertz CT molecular complexity index is 493. The SMILES string of the molecule is CCC(N)Cc1cc(C)nc(C2CN3CCCC3CO2)n1. The van der Waals surface area contributed by atoms with Crippen LogP contribution in [0.2, 0.25) is 0 Å². The summed E-state index contributed by atoms with van der Waals surface area (Å²) in [5, 5.41) is 0. The van der Waals surface area contributed by atoms with Gasteiger partial charge in [-0.3, -0.25) is 4.90 Å². The summed E-state index contributed by atoms with van der Waals surface area (Å²) in [4.78, 5) is 11.8. The number of fused-ring (bicyclic) bond motifs is 1. The summed E-state index contributed by atoms with van der Waals surface area (Å²) in [5.74, 6) is 0.832. The summed E-state index contributed by atoms with van der Waals surface area (Å²) < 4.78 is 6.02. The summed E-state index contributed by atoms with van der Waals surface area (Å²) in [6.45, 7) is 7.05. The molecule has 2 saturated heterocycles. The average molecular weight is 290 g/mol. The normalized spacial score (nSPS) is 27.6. The van der Waals surface area contributed by atoms with E-state index in [1.165, 1.54) is 19.4 Å². The van der Waals surface area contributed by atoms with Gasteiger partial charge in [0.2, 0.25) is 0 Å². The van der Waals surface area contributed by atoms with E-state index in [0.717, 1.165) is 43.2 Å². The highest BCUT2D eigenvalue weighted by molar-refractivity contribution is 5.13. The van der Waals surface area contributed by atoms with E-state index in [4.69, 9.17) is 15.5 Å². The van der Waals surface area contributed by atoms with Crippen LogP contribution in [0, 0.1) is 6.92 Å². The molecule has 21 heavy (non-hydrogen) atoms. The summed E-state index contributed by atoms with van der Waals surface area (Å²) in [7, 11) is 0. The molecule has 2 fully saturated rings. The van der Waals surface area contributed by atoms with Crippen LogP contribution in [0.3, 0.4) is 0 Å². The van der Waals surface area contributed by atoms with Crippen molar-refractivity contribution >= 4 is 0 Å². The number of ether oxygens (including phenoxy) is 1. The number of morpholine rings is 1. The summed E-state index contributed by atoms with van der Waals surface area (Å²) in [6.07, 6.45) is 4.33. The lowest BCUT2D eigenvalue weighted by Gasteiger charge is -2.34. The fourth-order valence-corrected chi connectivity index (χ4v) is 3.29. The molecule has 0 spiro atoms. The van der Waals surface area contributed by atoms with Crippen LogP contribution in [0.15, 0.2) is 6.07 Å². The molecule has 1 aromatic heterocycles. The molecular weight excluding hydrogens is 264 g/mol. The molecule has 0 bridgehead atoms. The Kier molecular flexibility index (Phi) is 4.52. The number of aryl methyl sites for hydroxylation is 1. The van der Waals surface area contributed by atoms with Gasteiger partial charge in [-0.2, -0.15) is 0 Å². The van der Waals surface area contributed by atoms with Crippen molar-refractivity contribution in [2.75, 3.05) is 19.7 Å². The van der Waals surface area contributed by atoms with E-state index in [9.17, 15) is 0 Å². The molecular formula is C16H26N4O. The largest absolute Gasteiger partial charge is 0.367 e. The van der Waals surface area contributed by atoms with Crippen molar-refractivity contribution in [1.82, 2.24) is 14.9 Å². The van der Waals surface area contributed by atoms with Crippen molar-refractivity contribution in [3.05, 3.63) is 23.3 Å². The van der Waals surface area contributed by atoms with E-state index < -0.39 is 0 Å². The maximum atomic E-state index is 6.05. The van der Waals surface area contributed by atoms with E-state index in [1.54, 1.807) is 0 Å². The topological polar surface area (TPSA) is 64.3 Å². The van der Waals surface area contributed by atoms with Crippen LogP contribution in [0.1, 0.15) is 49.5 Å². The minimum atomic E-state index is 0.0100. The third-order valence-electron chi connectivity index (χ3n) is 4.60. The predicted molar refractivity (Wildman–Crippen MR) is 82.0 cm³/mol. The van der Waals surface area contributed by atoms with Gasteiger partial charge >= 0.3 is 0 Å². The van der Waals surface area contributed by atoms with Crippen LogP contribution in [0.4, 0.5) is 0 Å². The third-order valence-corrected chi connectivity index (χ3v) is 4.60. The van der Waals surface area contributed by atoms with Gasteiger partial charge in [0.05, 0.1) is 6.61 Å². The van der Waals surface area contributed by atoms with Gasteiger partial charge in [0.1, 0.15) is 6.10 Å². The second-order valence-corrected chi connectivity index (χ2v) is 6.34. The second-order valence-electron chi connectivity index (χ2n) is 6.34. The van der Waals surface area contributed by atoms with E-state index >= 15 is 0 Å². The fourth-order valence-electron chi connectivity index (χ4n) is 3.29. The van der Waals surface area contributed by atoms with Crippen molar-refractivity contribution < 1.29 is 4.74 Å². The Balaban J connectivity index is 1.75. The van der Waals surface area contributed by atoms with Crippen molar-refractivity contribution in [3.63, 3.8) is 0 Å². The lowest BCUT2D eigenvalue weighted by atomic mass is 10.1. The molecule has 0 radical (unpaired) electrons. The Morgan fingerprint density at radius 2 is 2.33 bits per heavy atom. The highest BCUT2D eigenvalue weighted by Gasteiger charge is 2.34. The van der Waals surface area contributed by atoms with Crippen LogP contribution in [0.5, 0.6) is 0 Å². The third kappa shape index (κ3) is 3.42. The molecule has 2 N–H and O–H groups in total. The highest BCUT2D eigenvalue weighted by atomic mass is 16.5. The van der Waals surface area contributed by atoms with Crippen molar-refractivity contribution in [1.29, 1.82) is 0 Å². The Morgan fingerprint density at radius 1 is 1.48 bits per heavy atom. The standard InChI is InChI=1S/C16H26N4O/c1-3-12(17)8-13-7-11(2)18-16(19-13)15-9-20-6-4-5-14(20)10-21-15/h7,12,14-15H,3-6,8-10,17H2,1-2H3. The van der Waals surface area contributed by atoms with E-state index in [-0.39, 0.29) is 12.1 Å².